The molecular formula is C16H16ClN. The molecule has 0 bridgehead atoms. The maximum absolute atomic E-state index is 3.85. The van der Waals surface area contributed by atoms with E-state index >= 15 is 0 Å². The Hall–Kier alpha value is -1.86. The van der Waals surface area contributed by atoms with Crippen LogP contribution in [-0.4, -0.2) is 0 Å². The number of hydrogen-bond acceptors (Lipinski definition) is 0. The fraction of sp³-hybridized carbons (Fsp3) is 0.0625. The van der Waals surface area contributed by atoms with Crippen LogP contribution in [0.5, 0.6) is 0 Å². The Kier molecular flexibility index (Phi) is 5.34. The van der Waals surface area contributed by atoms with Gasteiger partial charge in [0.2, 0.25) is 0 Å². The molecule has 0 aliphatic heterocycles. The number of pyridine rings is 1. The molecule has 0 unspecified atom stereocenters. The van der Waals surface area contributed by atoms with E-state index in [9.17, 15) is 0 Å². The van der Waals surface area contributed by atoms with Gasteiger partial charge in [-0.3, -0.25) is 0 Å². The molecular weight excluding hydrogens is 242 g/mol. The van der Waals surface area contributed by atoms with Crippen LogP contribution in [0.15, 0.2) is 61.8 Å². The third kappa shape index (κ3) is 3.08. The first-order valence-electron chi connectivity index (χ1n) is 5.67. The topological polar surface area (TPSA) is 3.88 Å². The zero-order valence-electron chi connectivity index (χ0n) is 10.2. The first kappa shape index (κ1) is 14.2. The van der Waals surface area contributed by atoms with Crippen molar-refractivity contribution < 1.29 is 17.0 Å². The third-order valence-electron chi connectivity index (χ3n) is 2.82. The summed E-state index contributed by atoms with van der Waals surface area (Å²) in [5.74, 6) is 0. The molecule has 1 aromatic heterocycles. The summed E-state index contributed by atoms with van der Waals surface area (Å²) >= 11 is 0. The van der Waals surface area contributed by atoms with Gasteiger partial charge < -0.3 is 12.4 Å². The smallest absolute Gasteiger partial charge is 0.191 e. The van der Waals surface area contributed by atoms with Crippen LogP contribution in [0.2, 0.25) is 0 Å². The quantitative estimate of drug-likeness (QED) is 0.695. The van der Waals surface area contributed by atoms with Gasteiger partial charge >= 0.3 is 0 Å². The van der Waals surface area contributed by atoms with Crippen molar-refractivity contribution >= 4 is 12.3 Å². The predicted octanol–water partition coefficient (Wildman–Crippen LogP) is 0.312. The molecule has 2 heteroatoms. The van der Waals surface area contributed by atoms with Crippen molar-refractivity contribution in [2.75, 3.05) is 0 Å². The summed E-state index contributed by atoms with van der Waals surface area (Å²) in [6.45, 7) is 7.67. The maximum atomic E-state index is 3.85. The standard InChI is InChI=1S/C16H16N.ClH/c1-3-14-9-5-6-10-15(14)13-16-11-7-8-12-17(16)4-2;/h3-12H,1-2,13H2;1H/q+1;/p-1. The van der Waals surface area contributed by atoms with Crippen LogP contribution in [0.25, 0.3) is 12.3 Å². The lowest BCUT2D eigenvalue weighted by molar-refractivity contribution is -0.576. The average Bonchev–Trinajstić information content (AvgIpc) is 2.40. The van der Waals surface area contributed by atoms with Crippen molar-refractivity contribution in [3.63, 3.8) is 0 Å². The summed E-state index contributed by atoms with van der Waals surface area (Å²) in [5, 5.41) is 0. The highest BCUT2D eigenvalue weighted by Crippen LogP contribution is 2.13. The molecule has 0 aliphatic carbocycles. The fourth-order valence-electron chi connectivity index (χ4n) is 1.91. The van der Waals surface area contributed by atoms with Crippen LogP contribution in [0.3, 0.4) is 0 Å². The molecule has 1 aromatic carbocycles. The molecule has 92 valence electrons. The molecule has 0 atom stereocenters. The van der Waals surface area contributed by atoms with Gasteiger partial charge in [0, 0.05) is 12.1 Å². The maximum Gasteiger partial charge on any atom is 0.191 e. The number of hydrogen-bond donors (Lipinski definition) is 0. The highest BCUT2D eigenvalue weighted by molar-refractivity contribution is 5.52. The van der Waals surface area contributed by atoms with E-state index in [1.54, 1.807) is 0 Å². The highest BCUT2D eigenvalue weighted by atomic mass is 35.5. The molecule has 0 saturated carbocycles. The van der Waals surface area contributed by atoms with Crippen LogP contribution >= 0.6 is 0 Å². The van der Waals surface area contributed by atoms with E-state index in [1.165, 1.54) is 16.8 Å². The SMILES string of the molecule is C=Cc1ccccc1Cc1cccc[n+]1C=C.[Cl-]. The van der Waals surface area contributed by atoms with E-state index in [-0.39, 0.29) is 12.4 Å². The van der Waals surface area contributed by atoms with Gasteiger partial charge in [-0.2, -0.15) is 4.57 Å². The van der Waals surface area contributed by atoms with Gasteiger partial charge in [-0.1, -0.05) is 43.0 Å². The molecule has 0 radical (unpaired) electrons. The summed E-state index contributed by atoms with van der Waals surface area (Å²) in [6, 6.07) is 14.5. The van der Waals surface area contributed by atoms with Crippen molar-refractivity contribution in [3.05, 3.63) is 78.6 Å². The molecule has 0 amide bonds. The summed E-state index contributed by atoms with van der Waals surface area (Å²) in [7, 11) is 0. The van der Waals surface area contributed by atoms with Crippen molar-refractivity contribution in [1.29, 1.82) is 0 Å². The average molecular weight is 258 g/mol. The molecule has 0 saturated heterocycles. The Labute approximate surface area is 115 Å². The summed E-state index contributed by atoms with van der Waals surface area (Å²) in [6.07, 6.45) is 6.62. The van der Waals surface area contributed by atoms with Crippen molar-refractivity contribution in [2.24, 2.45) is 0 Å². The van der Waals surface area contributed by atoms with Gasteiger partial charge in [0.25, 0.3) is 0 Å². The second kappa shape index (κ2) is 6.77. The van der Waals surface area contributed by atoms with Crippen molar-refractivity contribution in [2.45, 2.75) is 6.42 Å². The van der Waals surface area contributed by atoms with Gasteiger partial charge in [0.1, 0.15) is 0 Å². The first-order valence-corrected chi connectivity index (χ1v) is 5.67. The molecule has 0 spiro atoms. The molecule has 0 N–H and O–H groups in total. The Balaban J connectivity index is 0.00000162. The van der Waals surface area contributed by atoms with Gasteiger partial charge in [-0.25, -0.2) is 0 Å². The minimum absolute atomic E-state index is 0. The monoisotopic (exact) mass is 257 g/mol. The molecule has 1 heterocycles. The lowest BCUT2D eigenvalue weighted by Gasteiger charge is -2.04. The second-order valence-electron chi connectivity index (χ2n) is 3.86. The highest BCUT2D eigenvalue weighted by Gasteiger charge is 2.09. The van der Waals surface area contributed by atoms with Crippen molar-refractivity contribution in [3.8, 4) is 0 Å². The molecule has 1 nitrogen and oxygen atoms in total. The van der Waals surface area contributed by atoms with Gasteiger partial charge in [0.05, 0.1) is 6.42 Å². The summed E-state index contributed by atoms with van der Waals surface area (Å²) in [5.41, 5.74) is 3.69. The molecule has 0 aliphatic rings. The van der Waals surface area contributed by atoms with E-state index in [1.807, 2.05) is 41.2 Å². The van der Waals surface area contributed by atoms with E-state index in [0.717, 1.165) is 6.42 Å². The summed E-state index contributed by atoms with van der Waals surface area (Å²) < 4.78 is 2.04. The van der Waals surface area contributed by atoms with Crippen LogP contribution in [0.4, 0.5) is 0 Å². The van der Waals surface area contributed by atoms with E-state index in [4.69, 9.17) is 0 Å². The minimum Gasteiger partial charge on any atom is -1.00 e. The lowest BCUT2D eigenvalue weighted by atomic mass is 10.0. The normalized spacial score (nSPS) is 9.33. The zero-order valence-corrected chi connectivity index (χ0v) is 11.0. The number of benzene rings is 1. The molecule has 0 fully saturated rings. The van der Waals surface area contributed by atoms with Crippen LogP contribution < -0.4 is 17.0 Å². The van der Waals surface area contributed by atoms with Crippen LogP contribution in [-0.2, 0) is 6.42 Å². The number of halogens is 1. The largest absolute Gasteiger partial charge is 1.00 e. The van der Waals surface area contributed by atoms with Gasteiger partial charge in [-0.15, -0.1) is 0 Å². The van der Waals surface area contributed by atoms with Crippen molar-refractivity contribution in [1.82, 2.24) is 0 Å². The number of rotatable bonds is 4. The second-order valence-corrected chi connectivity index (χ2v) is 3.86. The third-order valence-corrected chi connectivity index (χ3v) is 2.82. The predicted molar refractivity (Wildman–Crippen MR) is 72.4 cm³/mol. The van der Waals surface area contributed by atoms with E-state index in [0.29, 0.717) is 0 Å². The Morgan fingerprint density at radius 1 is 1.00 bits per heavy atom. The van der Waals surface area contributed by atoms with Gasteiger partial charge in [0.15, 0.2) is 18.1 Å². The Morgan fingerprint density at radius 3 is 2.44 bits per heavy atom. The first-order chi connectivity index (χ1) is 8.35. The van der Waals surface area contributed by atoms with Crippen LogP contribution in [0, 0.1) is 0 Å². The summed E-state index contributed by atoms with van der Waals surface area (Å²) in [4.78, 5) is 0. The molecule has 2 rings (SSSR count). The van der Waals surface area contributed by atoms with E-state index < -0.39 is 0 Å². The molecule has 2 aromatic rings. The Morgan fingerprint density at radius 2 is 1.72 bits per heavy atom. The molecule has 18 heavy (non-hydrogen) atoms. The zero-order chi connectivity index (χ0) is 12.1. The van der Waals surface area contributed by atoms with Crippen LogP contribution in [0.1, 0.15) is 16.8 Å². The minimum atomic E-state index is 0. The number of aromatic nitrogens is 1. The number of nitrogens with zero attached hydrogens (tertiary/aromatic N) is 1. The van der Waals surface area contributed by atoms with Gasteiger partial charge in [-0.05, 0) is 17.7 Å². The lowest BCUT2D eigenvalue weighted by Crippen LogP contribution is -3.00. The Bertz CT molecular complexity index is 497. The van der Waals surface area contributed by atoms with E-state index in [2.05, 4.69) is 37.4 Å². The fourth-order valence-corrected chi connectivity index (χ4v) is 1.91.